The van der Waals surface area contributed by atoms with Crippen molar-refractivity contribution >= 4 is 35.2 Å². The van der Waals surface area contributed by atoms with Crippen LogP contribution in [0.4, 0.5) is 4.39 Å². The average molecular weight is 527 g/mol. The van der Waals surface area contributed by atoms with E-state index in [1.165, 1.54) is 22.7 Å². The third-order valence-electron chi connectivity index (χ3n) is 5.66. The van der Waals surface area contributed by atoms with Gasteiger partial charge in [-0.2, -0.15) is 0 Å². The molecule has 7 heteroatoms. The summed E-state index contributed by atoms with van der Waals surface area (Å²) in [5.41, 5.74) is 2.36. The maximum absolute atomic E-state index is 14.6. The lowest BCUT2D eigenvalue weighted by Crippen LogP contribution is -2.51. The van der Waals surface area contributed by atoms with Gasteiger partial charge in [-0.3, -0.25) is 9.59 Å². The Bertz CT molecular complexity index is 1130. The molecular formula is C29H32ClFN2O2S. The molecule has 3 rings (SSSR count). The number of benzene rings is 3. The summed E-state index contributed by atoms with van der Waals surface area (Å²) in [7, 11) is 0. The third-order valence-corrected chi connectivity index (χ3v) is 6.90. The highest BCUT2D eigenvalue weighted by molar-refractivity contribution is 7.99. The lowest BCUT2D eigenvalue weighted by Gasteiger charge is -2.32. The number of nitrogens with zero attached hydrogens (tertiary/aromatic N) is 1. The van der Waals surface area contributed by atoms with Crippen molar-refractivity contribution in [2.24, 2.45) is 5.92 Å². The fraction of sp³-hybridized carbons (Fsp3) is 0.310. The summed E-state index contributed by atoms with van der Waals surface area (Å²) in [6.07, 6.45) is 0.340. The molecule has 0 fully saturated rings. The van der Waals surface area contributed by atoms with Crippen LogP contribution in [0, 0.1) is 11.7 Å². The Kier molecular flexibility index (Phi) is 10.8. The minimum Gasteiger partial charge on any atom is -0.354 e. The van der Waals surface area contributed by atoms with Crippen molar-refractivity contribution < 1.29 is 14.0 Å². The van der Waals surface area contributed by atoms with Crippen LogP contribution in [-0.2, 0) is 28.3 Å². The van der Waals surface area contributed by atoms with Gasteiger partial charge in [0.1, 0.15) is 11.9 Å². The molecule has 36 heavy (non-hydrogen) atoms. The molecule has 0 aliphatic heterocycles. The van der Waals surface area contributed by atoms with Crippen molar-refractivity contribution in [2.45, 2.75) is 38.6 Å². The Morgan fingerprint density at radius 2 is 1.61 bits per heavy atom. The Hall–Kier alpha value is -2.83. The molecule has 0 heterocycles. The van der Waals surface area contributed by atoms with Gasteiger partial charge in [-0.25, -0.2) is 4.39 Å². The van der Waals surface area contributed by atoms with E-state index >= 15 is 0 Å². The van der Waals surface area contributed by atoms with Gasteiger partial charge in [0.05, 0.1) is 5.75 Å². The zero-order valence-corrected chi connectivity index (χ0v) is 22.2. The van der Waals surface area contributed by atoms with Crippen LogP contribution in [0.2, 0.25) is 5.02 Å². The van der Waals surface area contributed by atoms with Crippen molar-refractivity contribution in [3.05, 3.63) is 106 Å². The minimum atomic E-state index is -0.769. The molecule has 3 aromatic carbocycles. The van der Waals surface area contributed by atoms with E-state index in [1.807, 2.05) is 68.4 Å². The number of amides is 2. The SMILES string of the molecule is CC(C)CNC(=O)[C@@H](Cc1ccccc1)N(Cc1ccccc1F)C(=O)CSCc1ccc(Cl)cc1. The van der Waals surface area contributed by atoms with Crippen LogP contribution in [0.3, 0.4) is 0 Å². The number of carbonyl (C=O) groups excluding carboxylic acids is 2. The first-order valence-corrected chi connectivity index (χ1v) is 13.5. The van der Waals surface area contributed by atoms with Crippen LogP contribution in [0.15, 0.2) is 78.9 Å². The van der Waals surface area contributed by atoms with Crippen LogP contribution in [0.25, 0.3) is 0 Å². The number of nitrogens with one attached hydrogen (secondary N) is 1. The van der Waals surface area contributed by atoms with E-state index in [2.05, 4.69) is 5.32 Å². The zero-order chi connectivity index (χ0) is 25.9. The number of hydrogen-bond acceptors (Lipinski definition) is 3. The predicted octanol–water partition coefficient (Wildman–Crippen LogP) is 6.12. The molecule has 0 aliphatic carbocycles. The molecule has 1 N–H and O–H groups in total. The summed E-state index contributed by atoms with van der Waals surface area (Å²) in [4.78, 5) is 28.5. The predicted molar refractivity (Wildman–Crippen MR) is 146 cm³/mol. The van der Waals surface area contributed by atoms with Crippen LogP contribution < -0.4 is 5.32 Å². The van der Waals surface area contributed by atoms with Gasteiger partial charge < -0.3 is 10.2 Å². The van der Waals surface area contributed by atoms with E-state index in [9.17, 15) is 14.0 Å². The molecule has 190 valence electrons. The summed E-state index contributed by atoms with van der Waals surface area (Å²) in [5, 5.41) is 3.64. The maximum atomic E-state index is 14.6. The molecule has 0 spiro atoms. The van der Waals surface area contributed by atoms with Crippen molar-refractivity contribution in [1.29, 1.82) is 0 Å². The minimum absolute atomic E-state index is 0.0135. The van der Waals surface area contributed by atoms with Gasteiger partial charge in [0.2, 0.25) is 11.8 Å². The van der Waals surface area contributed by atoms with Gasteiger partial charge in [-0.1, -0.05) is 86.1 Å². The maximum Gasteiger partial charge on any atom is 0.243 e. The lowest BCUT2D eigenvalue weighted by molar-refractivity contribution is -0.139. The van der Waals surface area contributed by atoms with E-state index in [1.54, 1.807) is 18.2 Å². The van der Waals surface area contributed by atoms with Crippen LogP contribution in [0.1, 0.15) is 30.5 Å². The molecule has 3 aromatic rings. The Labute approximate surface area is 222 Å². The number of carbonyl (C=O) groups is 2. The molecule has 0 unspecified atom stereocenters. The highest BCUT2D eigenvalue weighted by Gasteiger charge is 2.30. The summed E-state index contributed by atoms with van der Waals surface area (Å²) in [6.45, 7) is 4.54. The normalized spacial score (nSPS) is 11.8. The molecule has 0 aliphatic rings. The number of hydrogen-bond donors (Lipinski definition) is 1. The van der Waals surface area contributed by atoms with Crippen molar-refractivity contribution in [1.82, 2.24) is 10.2 Å². The standard InChI is InChI=1S/C29H32ClFN2O2S/c1-21(2)17-32-29(35)27(16-22-8-4-3-5-9-22)33(18-24-10-6-7-11-26(24)31)28(34)20-36-19-23-12-14-25(30)15-13-23/h3-15,21,27H,16-20H2,1-2H3,(H,32,35)/t27-/m1/s1. The largest absolute Gasteiger partial charge is 0.354 e. The van der Waals surface area contributed by atoms with Crippen molar-refractivity contribution in [2.75, 3.05) is 12.3 Å². The van der Waals surface area contributed by atoms with Gasteiger partial charge in [-0.15, -0.1) is 11.8 Å². The quantitative estimate of drug-likeness (QED) is 0.309. The highest BCUT2D eigenvalue weighted by Crippen LogP contribution is 2.20. The monoisotopic (exact) mass is 526 g/mol. The number of thioether (sulfide) groups is 1. The van der Waals surface area contributed by atoms with E-state index in [4.69, 9.17) is 11.6 Å². The first-order valence-electron chi connectivity index (χ1n) is 12.0. The van der Waals surface area contributed by atoms with Crippen LogP contribution in [0.5, 0.6) is 0 Å². The van der Waals surface area contributed by atoms with E-state index in [0.29, 0.717) is 29.3 Å². The summed E-state index contributed by atoms with van der Waals surface area (Å²) in [6, 6.07) is 22.7. The van der Waals surface area contributed by atoms with E-state index < -0.39 is 11.9 Å². The molecule has 0 saturated carbocycles. The Balaban J connectivity index is 1.84. The molecule has 4 nitrogen and oxygen atoms in total. The van der Waals surface area contributed by atoms with Crippen LogP contribution >= 0.6 is 23.4 Å². The number of rotatable bonds is 12. The molecule has 0 saturated heterocycles. The van der Waals surface area contributed by atoms with Gasteiger partial charge >= 0.3 is 0 Å². The van der Waals surface area contributed by atoms with Gasteiger partial charge in [0.15, 0.2) is 0 Å². The fourth-order valence-corrected chi connectivity index (χ4v) is 4.70. The molecule has 0 radical (unpaired) electrons. The highest BCUT2D eigenvalue weighted by atomic mass is 35.5. The van der Waals surface area contributed by atoms with E-state index in [-0.39, 0.29) is 30.0 Å². The molecule has 1 atom stereocenters. The van der Waals surface area contributed by atoms with Crippen LogP contribution in [-0.4, -0.2) is 35.1 Å². The lowest BCUT2D eigenvalue weighted by atomic mass is 10.0. The summed E-state index contributed by atoms with van der Waals surface area (Å²) in [5.74, 6) is 0.207. The fourth-order valence-electron chi connectivity index (χ4n) is 3.71. The van der Waals surface area contributed by atoms with Crippen molar-refractivity contribution in [3.63, 3.8) is 0 Å². The van der Waals surface area contributed by atoms with Crippen molar-refractivity contribution in [3.8, 4) is 0 Å². The first kappa shape index (κ1) is 27.8. The second-order valence-corrected chi connectivity index (χ2v) is 10.5. The average Bonchev–Trinajstić information content (AvgIpc) is 2.87. The van der Waals surface area contributed by atoms with E-state index in [0.717, 1.165) is 11.1 Å². The zero-order valence-electron chi connectivity index (χ0n) is 20.6. The molecule has 2 amide bonds. The van der Waals surface area contributed by atoms with Gasteiger partial charge in [-0.05, 0) is 35.2 Å². The molecule has 0 aromatic heterocycles. The topological polar surface area (TPSA) is 49.4 Å². The second-order valence-electron chi connectivity index (χ2n) is 9.08. The smallest absolute Gasteiger partial charge is 0.243 e. The third kappa shape index (κ3) is 8.68. The molecular weight excluding hydrogens is 495 g/mol. The Morgan fingerprint density at radius 1 is 0.944 bits per heavy atom. The second kappa shape index (κ2) is 14.0. The number of halogens is 2. The summed E-state index contributed by atoms with van der Waals surface area (Å²) < 4.78 is 14.6. The van der Waals surface area contributed by atoms with Gasteiger partial charge in [0.25, 0.3) is 0 Å². The van der Waals surface area contributed by atoms with Gasteiger partial charge in [0, 0.05) is 35.8 Å². The Morgan fingerprint density at radius 3 is 2.28 bits per heavy atom. The first-order chi connectivity index (χ1) is 17.3. The summed E-state index contributed by atoms with van der Waals surface area (Å²) >= 11 is 7.42. The molecule has 0 bridgehead atoms.